The van der Waals surface area contributed by atoms with Gasteiger partial charge in [0.1, 0.15) is 11.5 Å². The molecule has 0 aromatic carbocycles. The molecule has 5 nitrogen and oxygen atoms in total. The molecule has 5 atom stereocenters. The van der Waals surface area contributed by atoms with Crippen molar-refractivity contribution < 1.29 is 14.3 Å². The van der Waals surface area contributed by atoms with E-state index in [1.165, 1.54) is 12.8 Å². The lowest BCUT2D eigenvalue weighted by Crippen LogP contribution is -2.49. The highest BCUT2D eigenvalue weighted by atomic mass is 16.3. The maximum absolute atomic E-state index is 12.3. The quantitative estimate of drug-likeness (QED) is 0.800. The molecule has 2 fully saturated rings. The molecule has 0 aliphatic heterocycles. The number of hydrogen-bond acceptors (Lipinski definition) is 3. The SMILES string of the molecule is Cc1cc(C(C)NC(=O)NC2C3CCC(C3)C2CO)c(C)o1. The van der Waals surface area contributed by atoms with Crippen LogP contribution in [0.2, 0.25) is 0 Å². The van der Waals surface area contributed by atoms with Crippen molar-refractivity contribution in [2.45, 2.75) is 52.1 Å². The fraction of sp³-hybridized carbons (Fsp3) is 0.706. The van der Waals surface area contributed by atoms with Crippen molar-refractivity contribution in [1.82, 2.24) is 10.6 Å². The lowest BCUT2D eigenvalue weighted by Gasteiger charge is -2.30. The molecule has 122 valence electrons. The van der Waals surface area contributed by atoms with E-state index in [0.717, 1.165) is 23.5 Å². The molecule has 1 aromatic rings. The van der Waals surface area contributed by atoms with Crippen molar-refractivity contribution in [3.05, 3.63) is 23.2 Å². The molecule has 0 spiro atoms. The van der Waals surface area contributed by atoms with Crippen LogP contribution in [-0.4, -0.2) is 23.8 Å². The number of fused-ring (bicyclic) bond motifs is 2. The van der Waals surface area contributed by atoms with Gasteiger partial charge in [0.15, 0.2) is 0 Å². The average Bonchev–Trinajstić information content (AvgIpc) is 3.13. The predicted molar refractivity (Wildman–Crippen MR) is 83.5 cm³/mol. The van der Waals surface area contributed by atoms with Crippen molar-refractivity contribution in [2.75, 3.05) is 6.61 Å². The molecule has 5 heteroatoms. The highest BCUT2D eigenvalue weighted by Crippen LogP contribution is 2.48. The van der Waals surface area contributed by atoms with E-state index >= 15 is 0 Å². The average molecular weight is 306 g/mol. The second kappa shape index (κ2) is 5.95. The van der Waals surface area contributed by atoms with Crippen molar-refractivity contribution in [3.63, 3.8) is 0 Å². The van der Waals surface area contributed by atoms with Crippen LogP contribution in [0.1, 0.15) is 49.3 Å². The van der Waals surface area contributed by atoms with Crippen LogP contribution < -0.4 is 10.6 Å². The van der Waals surface area contributed by atoms with Crippen LogP contribution in [0, 0.1) is 31.6 Å². The summed E-state index contributed by atoms with van der Waals surface area (Å²) in [5, 5.41) is 15.7. The summed E-state index contributed by atoms with van der Waals surface area (Å²) in [7, 11) is 0. The lowest BCUT2D eigenvalue weighted by molar-refractivity contribution is 0.144. The number of aliphatic hydroxyl groups excluding tert-OH is 1. The summed E-state index contributed by atoms with van der Waals surface area (Å²) in [6, 6.07) is 1.84. The number of amides is 2. The molecule has 22 heavy (non-hydrogen) atoms. The maximum Gasteiger partial charge on any atom is 0.315 e. The van der Waals surface area contributed by atoms with E-state index < -0.39 is 0 Å². The van der Waals surface area contributed by atoms with E-state index in [4.69, 9.17) is 4.42 Å². The van der Waals surface area contributed by atoms with Gasteiger partial charge in [-0.1, -0.05) is 0 Å². The molecule has 2 bridgehead atoms. The zero-order valence-electron chi connectivity index (χ0n) is 13.6. The van der Waals surface area contributed by atoms with Gasteiger partial charge < -0.3 is 20.2 Å². The Morgan fingerprint density at radius 3 is 2.77 bits per heavy atom. The molecule has 2 saturated carbocycles. The molecule has 1 heterocycles. The topological polar surface area (TPSA) is 74.5 Å². The Morgan fingerprint density at radius 2 is 2.14 bits per heavy atom. The smallest absolute Gasteiger partial charge is 0.315 e. The van der Waals surface area contributed by atoms with Gasteiger partial charge in [-0.25, -0.2) is 4.79 Å². The number of urea groups is 1. The zero-order chi connectivity index (χ0) is 15.9. The first-order valence-electron chi connectivity index (χ1n) is 8.24. The molecule has 3 rings (SSSR count). The Balaban J connectivity index is 1.59. The van der Waals surface area contributed by atoms with Crippen LogP contribution in [0.25, 0.3) is 0 Å². The van der Waals surface area contributed by atoms with Gasteiger partial charge >= 0.3 is 6.03 Å². The molecule has 2 aliphatic rings. The van der Waals surface area contributed by atoms with Crippen molar-refractivity contribution in [2.24, 2.45) is 17.8 Å². The van der Waals surface area contributed by atoms with Gasteiger partial charge in [-0.15, -0.1) is 0 Å². The second-order valence-corrected chi connectivity index (χ2v) is 6.91. The Hall–Kier alpha value is -1.49. The number of aliphatic hydroxyl groups is 1. The summed E-state index contributed by atoms with van der Waals surface area (Å²) in [5.41, 5.74) is 1.01. The first kappa shape index (κ1) is 15.4. The van der Waals surface area contributed by atoms with Gasteiger partial charge in [-0.2, -0.15) is 0 Å². The summed E-state index contributed by atoms with van der Waals surface area (Å²) >= 11 is 0. The lowest BCUT2D eigenvalue weighted by atomic mass is 9.85. The first-order chi connectivity index (χ1) is 10.5. The summed E-state index contributed by atoms with van der Waals surface area (Å²) in [5.74, 6) is 3.03. The summed E-state index contributed by atoms with van der Waals surface area (Å²) < 4.78 is 5.52. The van der Waals surface area contributed by atoms with Crippen molar-refractivity contribution >= 4 is 6.03 Å². The number of aryl methyl sites for hydroxylation is 2. The number of carbonyl (C=O) groups excluding carboxylic acids is 1. The third-order valence-electron chi connectivity index (χ3n) is 5.49. The Morgan fingerprint density at radius 1 is 1.41 bits per heavy atom. The van der Waals surface area contributed by atoms with E-state index in [9.17, 15) is 9.90 Å². The van der Waals surface area contributed by atoms with E-state index in [0.29, 0.717) is 11.8 Å². The minimum Gasteiger partial charge on any atom is -0.466 e. The number of carbonyl (C=O) groups is 1. The van der Waals surface area contributed by atoms with E-state index in [-0.39, 0.29) is 30.6 Å². The van der Waals surface area contributed by atoms with Crippen LogP contribution in [0.4, 0.5) is 4.79 Å². The predicted octanol–water partition coefficient (Wildman–Crippen LogP) is 2.66. The number of rotatable bonds is 4. The molecular weight excluding hydrogens is 280 g/mol. The van der Waals surface area contributed by atoms with E-state index in [2.05, 4.69) is 10.6 Å². The fourth-order valence-corrected chi connectivity index (χ4v) is 4.45. The molecule has 2 amide bonds. The van der Waals surface area contributed by atoms with Gasteiger partial charge in [0.2, 0.25) is 0 Å². The van der Waals surface area contributed by atoms with Crippen molar-refractivity contribution in [1.29, 1.82) is 0 Å². The standard InChI is InChI=1S/C17H26N2O3/c1-9-6-14(11(3)22-9)10(2)18-17(21)19-16-13-5-4-12(7-13)15(16)8-20/h6,10,12-13,15-16,20H,4-5,7-8H2,1-3H3,(H2,18,19,21). The first-order valence-corrected chi connectivity index (χ1v) is 8.24. The Bertz CT molecular complexity index is 554. The fourth-order valence-electron chi connectivity index (χ4n) is 4.45. The molecule has 1 aromatic heterocycles. The molecule has 0 saturated heterocycles. The maximum atomic E-state index is 12.3. The molecule has 3 N–H and O–H groups in total. The minimum absolute atomic E-state index is 0.0939. The van der Waals surface area contributed by atoms with Crippen LogP contribution in [0.5, 0.6) is 0 Å². The van der Waals surface area contributed by atoms with Crippen LogP contribution in [-0.2, 0) is 0 Å². The number of hydrogen-bond donors (Lipinski definition) is 3. The molecule has 5 unspecified atom stereocenters. The van der Waals surface area contributed by atoms with E-state index in [1.807, 2.05) is 26.8 Å². The van der Waals surface area contributed by atoms with Gasteiger partial charge in [-0.05, 0) is 57.9 Å². The van der Waals surface area contributed by atoms with Gasteiger partial charge in [-0.3, -0.25) is 0 Å². The monoisotopic (exact) mass is 306 g/mol. The van der Waals surface area contributed by atoms with Gasteiger partial charge in [0.05, 0.1) is 6.04 Å². The van der Waals surface area contributed by atoms with Crippen LogP contribution >= 0.6 is 0 Å². The third kappa shape index (κ3) is 2.74. The molecular formula is C17H26N2O3. The summed E-state index contributed by atoms with van der Waals surface area (Å²) in [6.07, 6.45) is 3.51. The summed E-state index contributed by atoms with van der Waals surface area (Å²) in [6.45, 7) is 5.95. The third-order valence-corrected chi connectivity index (χ3v) is 5.49. The largest absolute Gasteiger partial charge is 0.466 e. The Kier molecular flexibility index (Phi) is 4.17. The second-order valence-electron chi connectivity index (χ2n) is 6.91. The summed E-state index contributed by atoms with van der Waals surface area (Å²) in [4.78, 5) is 12.3. The van der Waals surface area contributed by atoms with Crippen LogP contribution in [0.15, 0.2) is 10.5 Å². The molecule has 0 radical (unpaired) electrons. The van der Waals surface area contributed by atoms with E-state index in [1.54, 1.807) is 0 Å². The van der Waals surface area contributed by atoms with Gasteiger partial charge in [0, 0.05) is 24.1 Å². The highest BCUT2D eigenvalue weighted by molar-refractivity contribution is 5.75. The zero-order valence-corrected chi connectivity index (χ0v) is 13.6. The molecule has 2 aliphatic carbocycles. The normalized spacial score (nSPS) is 31.3. The highest BCUT2D eigenvalue weighted by Gasteiger charge is 2.47. The Labute approximate surface area is 131 Å². The van der Waals surface area contributed by atoms with Crippen LogP contribution in [0.3, 0.4) is 0 Å². The number of furan rings is 1. The minimum atomic E-state index is -0.151. The van der Waals surface area contributed by atoms with Crippen molar-refractivity contribution in [3.8, 4) is 0 Å². The van der Waals surface area contributed by atoms with Gasteiger partial charge in [0.25, 0.3) is 0 Å². The number of nitrogens with one attached hydrogen (secondary N) is 2.